The van der Waals surface area contributed by atoms with Crippen molar-refractivity contribution >= 4 is 11.6 Å². The molecule has 1 nitrogen and oxygen atoms in total. The SMILES string of the molecule is Fc1cnc[c-]c1Cl.[Li+]. The normalized spacial score (nSPS) is 8.22. The Morgan fingerprint density at radius 2 is 2.33 bits per heavy atom. The van der Waals surface area contributed by atoms with Crippen molar-refractivity contribution in [3.8, 4) is 0 Å². The number of rotatable bonds is 0. The van der Waals surface area contributed by atoms with Gasteiger partial charge in [-0.25, -0.2) is 6.07 Å². The number of hydrogen-bond acceptors (Lipinski definition) is 1. The van der Waals surface area contributed by atoms with Gasteiger partial charge in [0.25, 0.3) is 0 Å². The number of pyridine rings is 1. The molecule has 0 spiro atoms. The van der Waals surface area contributed by atoms with Gasteiger partial charge in [-0.3, -0.25) is 0 Å². The van der Waals surface area contributed by atoms with Gasteiger partial charge in [-0.2, -0.15) is 0 Å². The van der Waals surface area contributed by atoms with E-state index in [0.29, 0.717) is 0 Å². The van der Waals surface area contributed by atoms with Crippen LogP contribution in [0, 0.1) is 11.9 Å². The fourth-order valence-electron chi connectivity index (χ4n) is 0.322. The molecule has 42 valence electrons. The van der Waals surface area contributed by atoms with E-state index in [1.54, 1.807) is 0 Å². The molecule has 0 saturated carbocycles. The number of nitrogens with zero attached hydrogens (tertiary/aromatic N) is 1. The number of hydrogen-bond donors (Lipinski definition) is 0. The maximum Gasteiger partial charge on any atom is 1.00 e. The maximum atomic E-state index is 12.1. The quantitative estimate of drug-likeness (QED) is 0.319. The fourth-order valence-corrected chi connectivity index (χ4v) is 0.420. The van der Waals surface area contributed by atoms with Gasteiger partial charge in [0.2, 0.25) is 0 Å². The minimum absolute atomic E-state index is 0. The summed E-state index contributed by atoms with van der Waals surface area (Å²) in [5, 5.41) is -0.0139. The van der Waals surface area contributed by atoms with Crippen LogP contribution in [0.25, 0.3) is 0 Å². The van der Waals surface area contributed by atoms with Crippen LogP contribution < -0.4 is 18.9 Å². The molecule has 1 aromatic heterocycles. The van der Waals surface area contributed by atoms with E-state index in [1.165, 1.54) is 6.20 Å². The minimum atomic E-state index is -0.533. The summed E-state index contributed by atoms with van der Waals surface area (Å²) in [6.45, 7) is 0. The van der Waals surface area contributed by atoms with Crippen LogP contribution in [0.1, 0.15) is 0 Å². The van der Waals surface area contributed by atoms with Gasteiger partial charge in [-0.1, -0.05) is 11.2 Å². The molecule has 1 aromatic rings. The zero-order valence-electron chi connectivity index (χ0n) is 4.86. The second-order valence-electron chi connectivity index (χ2n) is 1.21. The summed E-state index contributed by atoms with van der Waals surface area (Å²) >= 11 is 5.24. The van der Waals surface area contributed by atoms with Crippen LogP contribution in [0.15, 0.2) is 12.4 Å². The fraction of sp³-hybridized carbons (Fsp3) is 0. The van der Waals surface area contributed by atoms with Gasteiger partial charge in [-0.15, -0.1) is 11.6 Å². The predicted octanol–water partition coefficient (Wildman–Crippen LogP) is -1.32. The van der Waals surface area contributed by atoms with Crippen LogP contribution in [0.5, 0.6) is 0 Å². The summed E-state index contributed by atoms with van der Waals surface area (Å²) < 4.78 is 12.1. The first kappa shape index (κ1) is 8.97. The number of halogens is 2. The average Bonchev–Trinajstić information content (AvgIpc) is 1.77. The first-order chi connectivity index (χ1) is 3.80. The van der Waals surface area contributed by atoms with Crippen LogP contribution in [-0.4, -0.2) is 4.98 Å². The Bertz CT molecular complexity index is 173. The van der Waals surface area contributed by atoms with Crippen molar-refractivity contribution in [3.05, 3.63) is 29.3 Å². The minimum Gasteiger partial charge on any atom is -0.317 e. The van der Waals surface area contributed by atoms with Gasteiger partial charge < -0.3 is 9.37 Å². The molecule has 0 bridgehead atoms. The van der Waals surface area contributed by atoms with Gasteiger partial charge in [0.1, 0.15) is 0 Å². The van der Waals surface area contributed by atoms with Crippen molar-refractivity contribution in [1.29, 1.82) is 0 Å². The van der Waals surface area contributed by atoms with Crippen molar-refractivity contribution in [1.82, 2.24) is 4.98 Å². The Labute approximate surface area is 69.4 Å². The molecule has 9 heavy (non-hydrogen) atoms. The Morgan fingerprint density at radius 3 is 2.67 bits per heavy atom. The molecule has 0 radical (unpaired) electrons. The van der Waals surface area contributed by atoms with Crippen molar-refractivity contribution in [3.63, 3.8) is 0 Å². The molecule has 0 amide bonds. The molecule has 0 aromatic carbocycles. The second-order valence-corrected chi connectivity index (χ2v) is 1.59. The van der Waals surface area contributed by atoms with E-state index in [1.807, 2.05) is 0 Å². The molecular formula is C5H2ClFLiN. The molecule has 0 saturated heterocycles. The van der Waals surface area contributed by atoms with Crippen molar-refractivity contribution < 1.29 is 23.3 Å². The first-order valence-electron chi connectivity index (χ1n) is 1.97. The molecule has 0 aliphatic carbocycles. The molecule has 1 heterocycles. The first-order valence-corrected chi connectivity index (χ1v) is 2.35. The molecule has 0 atom stereocenters. The Kier molecular flexibility index (Phi) is 3.88. The summed E-state index contributed by atoms with van der Waals surface area (Å²) in [6, 6.07) is 2.38. The topological polar surface area (TPSA) is 12.9 Å². The van der Waals surface area contributed by atoms with Crippen LogP contribution in [0.2, 0.25) is 5.02 Å². The maximum absolute atomic E-state index is 12.1. The zero-order valence-corrected chi connectivity index (χ0v) is 5.61. The Balaban J connectivity index is 0.000000640. The van der Waals surface area contributed by atoms with Gasteiger partial charge in [0.15, 0.2) is 0 Å². The predicted molar refractivity (Wildman–Crippen MR) is 28.0 cm³/mol. The van der Waals surface area contributed by atoms with Crippen LogP contribution in [0.3, 0.4) is 0 Å². The second kappa shape index (κ2) is 3.89. The monoisotopic (exact) mass is 137 g/mol. The van der Waals surface area contributed by atoms with Crippen LogP contribution >= 0.6 is 11.6 Å². The third-order valence-electron chi connectivity index (χ3n) is 0.663. The standard InChI is InChI=1S/C5H2ClFN.Li/c6-4-1-2-8-3-5(4)7;/h2-3H;/q-1;+1. The van der Waals surface area contributed by atoms with E-state index in [9.17, 15) is 4.39 Å². The summed E-state index contributed by atoms with van der Waals surface area (Å²) in [5.74, 6) is -0.533. The largest absolute Gasteiger partial charge is 1.00 e. The van der Waals surface area contributed by atoms with E-state index in [2.05, 4.69) is 11.1 Å². The van der Waals surface area contributed by atoms with Crippen LogP contribution in [-0.2, 0) is 0 Å². The molecule has 4 heteroatoms. The van der Waals surface area contributed by atoms with E-state index in [-0.39, 0.29) is 23.9 Å². The zero-order chi connectivity index (χ0) is 5.98. The molecule has 0 unspecified atom stereocenters. The molecule has 0 N–H and O–H groups in total. The van der Waals surface area contributed by atoms with E-state index in [0.717, 1.165) is 6.20 Å². The molecule has 0 aliphatic rings. The van der Waals surface area contributed by atoms with Gasteiger partial charge in [-0.05, 0) is 6.20 Å². The summed E-state index contributed by atoms with van der Waals surface area (Å²) in [4.78, 5) is 3.43. The van der Waals surface area contributed by atoms with E-state index < -0.39 is 5.82 Å². The van der Waals surface area contributed by atoms with Gasteiger partial charge >= 0.3 is 18.9 Å². The molecule has 1 rings (SSSR count). The summed E-state index contributed by atoms with van der Waals surface area (Å²) in [7, 11) is 0. The average molecular weight is 137 g/mol. The third kappa shape index (κ3) is 2.36. The number of aromatic nitrogens is 1. The summed E-state index contributed by atoms with van der Waals surface area (Å²) in [6.07, 6.45) is 2.35. The van der Waals surface area contributed by atoms with Gasteiger partial charge in [0, 0.05) is 5.82 Å². The Morgan fingerprint density at radius 1 is 1.67 bits per heavy atom. The molecule has 0 aliphatic heterocycles. The summed E-state index contributed by atoms with van der Waals surface area (Å²) in [5.41, 5.74) is 0. The van der Waals surface area contributed by atoms with Crippen LogP contribution in [0.4, 0.5) is 4.39 Å². The smallest absolute Gasteiger partial charge is 0.317 e. The van der Waals surface area contributed by atoms with Crippen molar-refractivity contribution in [2.75, 3.05) is 0 Å². The Hall–Kier alpha value is -0.0326. The third-order valence-corrected chi connectivity index (χ3v) is 0.953. The van der Waals surface area contributed by atoms with Crippen molar-refractivity contribution in [2.24, 2.45) is 0 Å². The molecular weight excluding hydrogens is 135 g/mol. The van der Waals surface area contributed by atoms with Gasteiger partial charge in [0.05, 0.1) is 0 Å². The van der Waals surface area contributed by atoms with Crippen molar-refractivity contribution in [2.45, 2.75) is 0 Å². The molecule has 0 fully saturated rings. The van der Waals surface area contributed by atoms with E-state index in [4.69, 9.17) is 11.6 Å². The van der Waals surface area contributed by atoms with E-state index >= 15 is 0 Å².